The lowest BCUT2D eigenvalue weighted by atomic mass is 10.0. The first-order valence-corrected chi connectivity index (χ1v) is 12.3. The average Bonchev–Trinajstić information content (AvgIpc) is 3.08. The lowest BCUT2D eigenvalue weighted by Gasteiger charge is -2.19. The van der Waals surface area contributed by atoms with E-state index in [4.69, 9.17) is 0 Å². The highest BCUT2D eigenvalue weighted by molar-refractivity contribution is 7.89. The van der Waals surface area contributed by atoms with E-state index in [9.17, 15) is 13.2 Å². The molecule has 1 atom stereocenters. The van der Waals surface area contributed by atoms with Gasteiger partial charge in [-0.1, -0.05) is 66.7 Å². The smallest absolute Gasteiger partial charge is 0.243 e. The zero-order valence-electron chi connectivity index (χ0n) is 17.8. The van der Waals surface area contributed by atoms with Crippen LogP contribution in [0.25, 0.3) is 22.2 Å². The Hall–Kier alpha value is -3.38. The molecular formula is C26H24N2O3S. The summed E-state index contributed by atoms with van der Waals surface area (Å²) >= 11 is 0. The molecule has 0 spiro atoms. The van der Waals surface area contributed by atoms with Crippen LogP contribution in [0.5, 0.6) is 0 Å². The Labute approximate surface area is 187 Å². The lowest BCUT2D eigenvalue weighted by molar-refractivity contribution is -0.118. The Morgan fingerprint density at radius 2 is 1.72 bits per heavy atom. The Kier molecular flexibility index (Phi) is 5.10. The number of fused-ring (bicyclic) bond motifs is 2. The van der Waals surface area contributed by atoms with E-state index < -0.39 is 10.0 Å². The third-order valence-corrected chi connectivity index (χ3v) is 7.52. The molecule has 1 aliphatic heterocycles. The highest BCUT2D eigenvalue weighted by Gasteiger charge is 2.26. The highest BCUT2D eigenvalue weighted by Crippen LogP contribution is 2.38. The van der Waals surface area contributed by atoms with Crippen LogP contribution >= 0.6 is 0 Å². The normalized spacial score (nSPS) is 16.4. The molecule has 4 aromatic rings. The van der Waals surface area contributed by atoms with Crippen molar-refractivity contribution >= 4 is 32.4 Å². The first-order valence-electron chi connectivity index (χ1n) is 10.7. The number of carbonyl (C=O) groups is 1. The standard InChI is InChI=1S/C26H24N2O3S/c1-18-14-22(29)15-21-11-7-12-23(26(21)27-18)25-16-20-10-5-6-13-24(20)28(25)32(30,31)17-19-8-3-2-4-9-19/h2-13,16,18,27H,14-15,17H2,1H3/t18-/m1/s1. The number of anilines is 1. The molecular weight excluding hydrogens is 420 g/mol. The number of ketones is 1. The Morgan fingerprint density at radius 1 is 0.969 bits per heavy atom. The van der Waals surface area contributed by atoms with Gasteiger partial charge in [0.1, 0.15) is 5.78 Å². The summed E-state index contributed by atoms with van der Waals surface area (Å²) in [5, 5.41) is 4.32. The molecule has 0 amide bonds. The molecule has 1 aromatic heterocycles. The molecule has 2 heterocycles. The van der Waals surface area contributed by atoms with Gasteiger partial charge in [0.15, 0.2) is 0 Å². The molecule has 1 aliphatic rings. The van der Waals surface area contributed by atoms with E-state index in [1.54, 1.807) is 0 Å². The maximum absolute atomic E-state index is 13.7. The van der Waals surface area contributed by atoms with Crippen molar-refractivity contribution < 1.29 is 13.2 Å². The minimum absolute atomic E-state index is 0.0244. The fraction of sp³-hybridized carbons (Fsp3) is 0.192. The number of hydrogen-bond donors (Lipinski definition) is 1. The summed E-state index contributed by atoms with van der Waals surface area (Å²) in [5.41, 5.74) is 4.51. The SMILES string of the molecule is C[C@@H]1CC(=O)Cc2cccc(-c3cc4ccccc4n3S(=O)(=O)Cc3ccccc3)c2N1. The van der Waals surface area contributed by atoms with E-state index >= 15 is 0 Å². The van der Waals surface area contributed by atoms with E-state index in [0.29, 0.717) is 24.1 Å². The summed E-state index contributed by atoms with van der Waals surface area (Å²) in [7, 11) is -3.71. The zero-order chi connectivity index (χ0) is 22.3. The average molecular weight is 445 g/mol. The Bertz CT molecular complexity index is 1420. The monoisotopic (exact) mass is 444 g/mol. The van der Waals surface area contributed by atoms with E-state index in [0.717, 1.165) is 27.8 Å². The molecule has 5 nitrogen and oxygen atoms in total. The van der Waals surface area contributed by atoms with Crippen LogP contribution in [0.2, 0.25) is 0 Å². The third kappa shape index (κ3) is 3.71. The maximum atomic E-state index is 13.7. The van der Waals surface area contributed by atoms with E-state index in [1.807, 2.05) is 85.8 Å². The summed E-state index contributed by atoms with van der Waals surface area (Å²) in [5.74, 6) is 0.0785. The van der Waals surface area contributed by atoms with Gasteiger partial charge in [0.05, 0.1) is 17.0 Å². The molecule has 32 heavy (non-hydrogen) atoms. The number of Topliss-reactive ketones (excluding diaryl/α,β-unsaturated/α-hetero) is 1. The molecule has 0 unspecified atom stereocenters. The van der Waals surface area contributed by atoms with Crippen LogP contribution in [0.1, 0.15) is 24.5 Å². The number of aromatic nitrogens is 1. The third-order valence-electron chi connectivity index (χ3n) is 5.88. The molecule has 5 rings (SSSR count). The summed E-state index contributed by atoms with van der Waals surface area (Å²) in [6.07, 6.45) is 0.793. The van der Waals surface area contributed by atoms with Crippen molar-refractivity contribution in [1.29, 1.82) is 0 Å². The largest absolute Gasteiger partial charge is 0.381 e. The van der Waals surface area contributed by atoms with Crippen molar-refractivity contribution in [2.24, 2.45) is 0 Å². The summed E-state index contributed by atoms with van der Waals surface area (Å²) in [6.45, 7) is 1.98. The van der Waals surface area contributed by atoms with Gasteiger partial charge in [-0.05, 0) is 30.2 Å². The quantitative estimate of drug-likeness (QED) is 0.481. The van der Waals surface area contributed by atoms with Crippen LogP contribution in [0, 0.1) is 0 Å². The summed E-state index contributed by atoms with van der Waals surface area (Å²) in [6, 6.07) is 24.4. The van der Waals surface area contributed by atoms with Crippen molar-refractivity contribution in [2.45, 2.75) is 31.6 Å². The summed E-state index contributed by atoms with van der Waals surface area (Å²) < 4.78 is 28.9. The molecule has 0 bridgehead atoms. The molecule has 1 N–H and O–H groups in total. The first-order chi connectivity index (χ1) is 15.4. The molecule has 3 aromatic carbocycles. The number of rotatable bonds is 4. The molecule has 0 aliphatic carbocycles. The van der Waals surface area contributed by atoms with Gasteiger partial charge in [-0.15, -0.1) is 0 Å². The van der Waals surface area contributed by atoms with Crippen LogP contribution in [0.3, 0.4) is 0 Å². The number of hydrogen-bond acceptors (Lipinski definition) is 4. The van der Waals surface area contributed by atoms with Gasteiger partial charge in [0, 0.05) is 35.5 Å². The Morgan fingerprint density at radius 3 is 2.53 bits per heavy atom. The molecule has 162 valence electrons. The molecule has 0 radical (unpaired) electrons. The predicted molar refractivity (Wildman–Crippen MR) is 128 cm³/mol. The maximum Gasteiger partial charge on any atom is 0.243 e. The Balaban J connectivity index is 1.74. The van der Waals surface area contributed by atoms with Crippen LogP contribution in [0.15, 0.2) is 78.9 Å². The number of nitrogens with one attached hydrogen (secondary N) is 1. The molecule has 6 heteroatoms. The van der Waals surface area contributed by atoms with Crippen LogP contribution in [0.4, 0.5) is 5.69 Å². The van der Waals surface area contributed by atoms with Gasteiger partial charge in [0.25, 0.3) is 0 Å². The van der Waals surface area contributed by atoms with Crippen LogP contribution in [-0.4, -0.2) is 24.2 Å². The second kappa shape index (κ2) is 7.95. The van der Waals surface area contributed by atoms with E-state index in [-0.39, 0.29) is 17.6 Å². The molecule has 0 saturated heterocycles. The van der Waals surface area contributed by atoms with Gasteiger partial charge < -0.3 is 5.32 Å². The van der Waals surface area contributed by atoms with E-state index in [2.05, 4.69) is 5.32 Å². The van der Waals surface area contributed by atoms with Crippen molar-refractivity contribution in [3.05, 3.63) is 90.0 Å². The lowest BCUT2D eigenvalue weighted by Crippen LogP contribution is -2.18. The number of carbonyl (C=O) groups excluding carboxylic acids is 1. The van der Waals surface area contributed by atoms with Crippen molar-refractivity contribution in [3.8, 4) is 11.3 Å². The van der Waals surface area contributed by atoms with Gasteiger partial charge in [-0.2, -0.15) is 0 Å². The molecule has 0 saturated carbocycles. The summed E-state index contributed by atoms with van der Waals surface area (Å²) in [4.78, 5) is 12.3. The number of para-hydroxylation sites is 2. The topological polar surface area (TPSA) is 68.2 Å². The van der Waals surface area contributed by atoms with E-state index in [1.165, 1.54) is 3.97 Å². The van der Waals surface area contributed by atoms with Crippen molar-refractivity contribution in [1.82, 2.24) is 3.97 Å². The van der Waals surface area contributed by atoms with Crippen LogP contribution in [-0.2, 0) is 27.0 Å². The number of benzene rings is 3. The van der Waals surface area contributed by atoms with Gasteiger partial charge in [0.2, 0.25) is 10.0 Å². The van der Waals surface area contributed by atoms with Gasteiger partial charge in [-0.3, -0.25) is 4.79 Å². The minimum Gasteiger partial charge on any atom is -0.381 e. The van der Waals surface area contributed by atoms with Crippen molar-refractivity contribution in [2.75, 3.05) is 5.32 Å². The fourth-order valence-corrected chi connectivity index (χ4v) is 6.18. The van der Waals surface area contributed by atoms with Gasteiger partial charge >= 0.3 is 0 Å². The predicted octanol–water partition coefficient (Wildman–Crippen LogP) is 5.00. The first kappa shape index (κ1) is 20.5. The second-order valence-corrected chi connectivity index (χ2v) is 10.2. The highest BCUT2D eigenvalue weighted by atomic mass is 32.2. The second-order valence-electron chi connectivity index (χ2n) is 8.40. The fourth-order valence-electron chi connectivity index (χ4n) is 4.52. The number of nitrogens with zero attached hydrogens (tertiary/aromatic N) is 1. The zero-order valence-corrected chi connectivity index (χ0v) is 18.6. The van der Waals surface area contributed by atoms with Gasteiger partial charge in [-0.25, -0.2) is 12.4 Å². The molecule has 0 fully saturated rings. The van der Waals surface area contributed by atoms with Crippen molar-refractivity contribution in [3.63, 3.8) is 0 Å². The van der Waals surface area contributed by atoms with Crippen LogP contribution < -0.4 is 5.32 Å². The minimum atomic E-state index is -3.71.